The average Bonchev–Trinajstić information content (AvgIpc) is 3.18. The van der Waals surface area contributed by atoms with Gasteiger partial charge < -0.3 is 15.0 Å². The van der Waals surface area contributed by atoms with Gasteiger partial charge in [0.2, 0.25) is 5.88 Å². The SMILES string of the molecule is CC(c1ccccc1)N1OC(N)=CC1c1coc2ccccc12. The van der Waals surface area contributed by atoms with Crippen LogP contribution in [0.15, 0.2) is 77.2 Å². The molecule has 1 aliphatic rings. The molecule has 0 amide bonds. The van der Waals surface area contributed by atoms with E-state index in [1.54, 1.807) is 6.26 Å². The second-order valence-corrected chi connectivity index (χ2v) is 5.74. The maximum Gasteiger partial charge on any atom is 0.207 e. The highest BCUT2D eigenvalue weighted by Crippen LogP contribution is 2.40. The Morgan fingerprint density at radius 1 is 1.04 bits per heavy atom. The van der Waals surface area contributed by atoms with Crippen molar-refractivity contribution >= 4 is 11.0 Å². The van der Waals surface area contributed by atoms with E-state index in [9.17, 15) is 0 Å². The van der Waals surface area contributed by atoms with Gasteiger partial charge in [-0.25, -0.2) is 0 Å². The molecule has 0 spiro atoms. The monoisotopic (exact) mass is 306 g/mol. The number of rotatable bonds is 3. The highest BCUT2D eigenvalue weighted by molar-refractivity contribution is 5.81. The fourth-order valence-electron chi connectivity index (χ4n) is 3.09. The highest BCUT2D eigenvalue weighted by Gasteiger charge is 2.34. The fourth-order valence-corrected chi connectivity index (χ4v) is 3.09. The van der Waals surface area contributed by atoms with Crippen LogP contribution < -0.4 is 5.73 Å². The topological polar surface area (TPSA) is 51.6 Å². The summed E-state index contributed by atoms with van der Waals surface area (Å²) in [4.78, 5) is 5.79. The van der Waals surface area contributed by atoms with Crippen molar-refractivity contribution in [1.82, 2.24) is 5.06 Å². The summed E-state index contributed by atoms with van der Waals surface area (Å²) in [5.41, 5.74) is 9.05. The Bertz CT molecular complexity index is 854. The summed E-state index contributed by atoms with van der Waals surface area (Å²) in [6, 6.07) is 18.2. The summed E-state index contributed by atoms with van der Waals surface area (Å²) < 4.78 is 5.68. The van der Waals surface area contributed by atoms with Gasteiger partial charge in [0.25, 0.3) is 0 Å². The minimum Gasteiger partial charge on any atom is -0.464 e. The van der Waals surface area contributed by atoms with Crippen molar-refractivity contribution in [3.05, 3.63) is 83.9 Å². The van der Waals surface area contributed by atoms with E-state index in [4.69, 9.17) is 15.0 Å². The predicted octanol–water partition coefficient (Wildman–Crippen LogP) is 4.28. The molecule has 0 saturated carbocycles. The van der Waals surface area contributed by atoms with Crippen LogP contribution in [0, 0.1) is 0 Å². The molecule has 1 aliphatic heterocycles. The average molecular weight is 306 g/mol. The first-order valence-electron chi connectivity index (χ1n) is 7.69. The summed E-state index contributed by atoms with van der Waals surface area (Å²) in [6.07, 6.45) is 3.72. The van der Waals surface area contributed by atoms with Crippen molar-refractivity contribution in [3.63, 3.8) is 0 Å². The molecule has 3 aromatic rings. The number of fused-ring (bicyclic) bond motifs is 1. The maximum absolute atomic E-state index is 5.95. The standard InChI is InChI=1S/C19H18N2O2/c1-13(14-7-3-2-4-8-14)21-17(11-19(20)23-21)16-12-22-18-10-6-5-9-15(16)18/h2-13,17H,20H2,1H3. The van der Waals surface area contributed by atoms with E-state index in [0.717, 1.165) is 16.5 Å². The molecule has 116 valence electrons. The van der Waals surface area contributed by atoms with Crippen molar-refractivity contribution in [2.75, 3.05) is 0 Å². The normalized spacial score (nSPS) is 19.5. The van der Waals surface area contributed by atoms with Crippen LogP contribution in [0.3, 0.4) is 0 Å². The molecule has 4 rings (SSSR count). The van der Waals surface area contributed by atoms with Crippen LogP contribution in [0.25, 0.3) is 11.0 Å². The number of hydrogen-bond acceptors (Lipinski definition) is 4. The molecule has 2 N–H and O–H groups in total. The Kier molecular flexibility index (Phi) is 3.32. The Morgan fingerprint density at radius 2 is 1.78 bits per heavy atom. The number of benzene rings is 2. The quantitative estimate of drug-likeness (QED) is 0.784. The molecule has 2 aromatic carbocycles. The molecule has 23 heavy (non-hydrogen) atoms. The van der Waals surface area contributed by atoms with Crippen LogP contribution in [0.2, 0.25) is 0 Å². The zero-order chi connectivity index (χ0) is 15.8. The smallest absolute Gasteiger partial charge is 0.207 e. The van der Waals surface area contributed by atoms with Gasteiger partial charge in [-0.3, -0.25) is 0 Å². The molecular weight excluding hydrogens is 288 g/mol. The second kappa shape index (κ2) is 5.48. The molecular formula is C19H18N2O2. The summed E-state index contributed by atoms with van der Waals surface area (Å²) in [6.45, 7) is 2.11. The molecule has 0 radical (unpaired) electrons. The summed E-state index contributed by atoms with van der Waals surface area (Å²) in [5.74, 6) is 0.420. The van der Waals surface area contributed by atoms with Crippen molar-refractivity contribution in [1.29, 1.82) is 0 Å². The molecule has 1 aromatic heterocycles. The number of nitrogens with zero attached hydrogens (tertiary/aromatic N) is 1. The Morgan fingerprint density at radius 3 is 2.61 bits per heavy atom. The van der Waals surface area contributed by atoms with Crippen molar-refractivity contribution < 1.29 is 9.25 Å². The fraction of sp³-hybridized carbons (Fsp3) is 0.158. The van der Waals surface area contributed by atoms with E-state index < -0.39 is 0 Å². The van der Waals surface area contributed by atoms with Gasteiger partial charge in [0.1, 0.15) is 5.58 Å². The van der Waals surface area contributed by atoms with Gasteiger partial charge in [-0.15, -0.1) is 5.06 Å². The molecule has 0 aliphatic carbocycles. The lowest BCUT2D eigenvalue weighted by molar-refractivity contribution is -0.149. The van der Waals surface area contributed by atoms with Gasteiger partial charge in [0, 0.05) is 17.0 Å². The minimum absolute atomic E-state index is 0.0622. The van der Waals surface area contributed by atoms with E-state index in [1.165, 1.54) is 5.56 Å². The first-order chi connectivity index (χ1) is 11.2. The van der Waals surface area contributed by atoms with Gasteiger partial charge in [-0.1, -0.05) is 48.5 Å². The van der Waals surface area contributed by atoms with Crippen LogP contribution in [0.4, 0.5) is 0 Å². The van der Waals surface area contributed by atoms with Crippen LogP contribution >= 0.6 is 0 Å². The molecule has 4 heteroatoms. The van der Waals surface area contributed by atoms with E-state index in [2.05, 4.69) is 25.1 Å². The molecule has 0 fully saturated rings. The van der Waals surface area contributed by atoms with Crippen molar-refractivity contribution in [2.45, 2.75) is 19.0 Å². The molecule has 0 bridgehead atoms. The third-order valence-corrected chi connectivity index (χ3v) is 4.30. The number of furan rings is 1. The van der Waals surface area contributed by atoms with Gasteiger partial charge >= 0.3 is 0 Å². The number of hydroxylamine groups is 2. The first kappa shape index (κ1) is 13.9. The Labute approximate surface area is 134 Å². The summed E-state index contributed by atoms with van der Waals surface area (Å²) in [5, 5.41) is 3.00. The van der Waals surface area contributed by atoms with E-state index in [1.807, 2.05) is 47.5 Å². The van der Waals surface area contributed by atoms with Gasteiger partial charge in [-0.2, -0.15) is 0 Å². The zero-order valence-electron chi connectivity index (χ0n) is 12.8. The van der Waals surface area contributed by atoms with Crippen LogP contribution in [-0.2, 0) is 4.84 Å². The first-order valence-corrected chi connectivity index (χ1v) is 7.69. The van der Waals surface area contributed by atoms with Crippen LogP contribution in [0.1, 0.15) is 30.1 Å². The molecule has 2 heterocycles. The number of para-hydroxylation sites is 1. The molecule has 0 saturated heterocycles. The number of nitrogens with two attached hydrogens (primary N) is 1. The lowest BCUT2D eigenvalue weighted by Crippen LogP contribution is -2.26. The van der Waals surface area contributed by atoms with Crippen LogP contribution in [-0.4, -0.2) is 5.06 Å². The minimum atomic E-state index is -0.0751. The van der Waals surface area contributed by atoms with Gasteiger partial charge in [0.15, 0.2) is 0 Å². The largest absolute Gasteiger partial charge is 0.464 e. The third-order valence-electron chi connectivity index (χ3n) is 4.30. The van der Waals surface area contributed by atoms with Crippen LogP contribution in [0.5, 0.6) is 0 Å². The van der Waals surface area contributed by atoms with E-state index in [0.29, 0.717) is 5.88 Å². The lowest BCUT2D eigenvalue weighted by atomic mass is 10.0. The summed E-state index contributed by atoms with van der Waals surface area (Å²) in [7, 11) is 0. The predicted molar refractivity (Wildman–Crippen MR) is 89.0 cm³/mol. The molecule has 2 unspecified atom stereocenters. The molecule has 2 atom stereocenters. The van der Waals surface area contributed by atoms with Gasteiger partial charge in [-0.05, 0) is 18.6 Å². The summed E-state index contributed by atoms with van der Waals surface area (Å²) >= 11 is 0. The second-order valence-electron chi connectivity index (χ2n) is 5.74. The Balaban J connectivity index is 1.74. The van der Waals surface area contributed by atoms with Gasteiger partial charge in [0.05, 0.1) is 18.3 Å². The van der Waals surface area contributed by atoms with E-state index >= 15 is 0 Å². The molecule has 4 nitrogen and oxygen atoms in total. The maximum atomic E-state index is 5.95. The third kappa shape index (κ3) is 2.37. The van der Waals surface area contributed by atoms with Crippen molar-refractivity contribution in [3.8, 4) is 0 Å². The van der Waals surface area contributed by atoms with E-state index in [-0.39, 0.29) is 12.1 Å². The Hall–Kier alpha value is -2.72. The zero-order valence-corrected chi connectivity index (χ0v) is 12.8. The van der Waals surface area contributed by atoms with Crippen molar-refractivity contribution in [2.24, 2.45) is 5.73 Å². The number of hydrogen-bond donors (Lipinski definition) is 1. The highest BCUT2D eigenvalue weighted by atomic mass is 16.7. The lowest BCUT2D eigenvalue weighted by Gasteiger charge is -2.28.